The number of benzene rings is 1. The molecule has 0 radical (unpaired) electrons. The summed E-state index contributed by atoms with van der Waals surface area (Å²) in [5.74, 6) is -0.282. The fraction of sp³-hybridized carbons (Fsp3) is 0.556. The molecule has 3 rings (SSSR count). The summed E-state index contributed by atoms with van der Waals surface area (Å²) in [5.41, 5.74) is 6.15. The molecule has 5 nitrogen and oxygen atoms in total. The Balaban J connectivity index is 1.76. The van der Waals surface area contributed by atoms with Gasteiger partial charge in [-0.15, -0.1) is 0 Å². The maximum absolute atomic E-state index is 12.4. The number of urea groups is 1. The van der Waals surface area contributed by atoms with Crippen LogP contribution in [0, 0.1) is 0 Å². The zero-order chi connectivity index (χ0) is 17.1. The lowest BCUT2D eigenvalue weighted by Gasteiger charge is -2.19. The van der Waals surface area contributed by atoms with E-state index in [-0.39, 0.29) is 0 Å². The second kappa shape index (κ2) is 7.47. The van der Waals surface area contributed by atoms with E-state index in [0.29, 0.717) is 12.2 Å². The summed E-state index contributed by atoms with van der Waals surface area (Å²) in [6.45, 7) is 0. The van der Waals surface area contributed by atoms with Gasteiger partial charge in [-0.25, -0.2) is 9.59 Å². The second-order valence-corrected chi connectivity index (χ2v) is 7.49. The highest BCUT2D eigenvalue weighted by Gasteiger charge is 2.26. The van der Waals surface area contributed by atoms with Crippen molar-refractivity contribution in [3.8, 4) is 0 Å². The number of nitrogens with one attached hydrogen (secondary N) is 2. The predicted molar refractivity (Wildman–Crippen MR) is 97.1 cm³/mol. The number of anilines is 1. The molecule has 0 spiro atoms. The van der Waals surface area contributed by atoms with Gasteiger partial charge >= 0.3 is 12.0 Å². The number of carboxylic acids is 1. The molecule has 0 saturated heterocycles. The summed E-state index contributed by atoms with van der Waals surface area (Å²) in [4.78, 5) is 23.7. The number of rotatable bonds is 6. The fourth-order valence-electron chi connectivity index (χ4n) is 3.77. The van der Waals surface area contributed by atoms with Crippen LogP contribution in [0.5, 0.6) is 0 Å². The van der Waals surface area contributed by atoms with Crippen LogP contribution in [0.1, 0.15) is 41.5 Å². The molecule has 0 bridgehead atoms. The van der Waals surface area contributed by atoms with Crippen molar-refractivity contribution in [1.82, 2.24) is 5.32 Å². The van der Waals surface area contributed by atoms with Gasteiger partial charge in [0.2, 0.25) is 0 Å². The maximum atomic E-state index is 12.4. The summed E-state index contributed by atoms with van der Waals surface area (Å²) < 4.78 is 0. The van der Waals surface area contributed by atoms with Crippen molar-refractivity contribution < 1.29 is 14.7 Å². The molecule has 2 amide bonds. The molecule has 0 fully saturated rings. The van der Waals surface area contributed by atoms with Crippen LogP contribution in [0.3, 0.4) is 0 Å². The van der Waals surface area contributed by atoms with Gasteiger partial charge in [0.05, 0.1) is 0 Å². The number of carboxylic acid groups (broad SMARTS) is 1. The first-order chi connectivity index (χ1) is 11.6. The van der Waals surface area contributed by atoms with Gasteiger partial charge in [0.25, 0.3) is 0 Å². The minimum Gasteiger partial charge on any atom is -0.480 e. The molecule has 1 atom stereocenters. The highest BCUT2D eigenvalue weighted by atomic mass is 32.2. The Kier molecular flexibility index (Phi) is 5.33. The third-order valence-electron chi connectivity index (χ3n) is 4.93. The second-order valence-electron chi connectivity index (χ2n) is 6.50. The lowest BCUT2D eigenvalue weighted by Crippen LogP contribution is -2.43. The van der Waals surface area contributed by atoms with E-state index in [9.17, 15) is 14.7 Å². The van der Waals surface area contributed by atoms with Crippen LogP contribution in [0.4, 0.5) is 10.5 Å². The van der Waals surface area contributed by atoms with Gasteiger partial charge in [0.15, 0.2) is 0 Å². The minimum absolute atomic E-state index is 0.405. The van der Waals surface area contributed by atoms with Crippen LogP contribution in [0.25, 0.3) is 0 Å². The summed E-state index contributed by atoms with van der Waals surface area (Å²) in [5, 5.41) is 14.9. The zero-order valence-corrected chi connectivity index (χ0v) is 14.8. The van der Waals surface area contributed by atoms with E-state index in [1.54, 1.807) is 11.8 Å². The lowest BCUT2D eigenvalue weighted by molar-refractivity contribution is -0.139. The Morgan fingerprint density at radius 2 is 1.79 bits per heavy atom. The van der Waals surface area contributed by atoms with E-state index in [0.717, 1.165) is 44.2 Å². The average molecular weight is 348 g/mol. The smallest absolute Gasteiger partial charge is 0.326 e. The number of fused-ring (bicyclic) bond motifs is 2. The Hall–Kier alpha value is -1.69. The highest BCUT2D eigenvalue weighted by molar-refractivity contribution is 7.98. The fourth-order valence-corrected chi connectivity index (χ4v) is 4.24. The molecule has 0 aliphatic heterocycles. The van der Waals surface area contributed by atoms with E-state index in [1.807, 2.05) is 6.26 Å². The third-order valence-corrected chi connectivity index (χ3v) is 5.57. The van der Waals surface area contributed by atoms with Crippen molar-refractivity contribution in [3.63, 3.8) is 0 Å². The summed E-state index contributed by atoms with van der Waals surface area (Å²) in [6.07, 6.45) is 8.74. The highest BCUT2D eigenvalue weighted by Crippen LogP contribution is 2.38. The van der Waals surface area contributed by atoms with Crippen LogP contribution in [-0.2, 0) is 30.5 Å². The molecule has 2 aliphatic carbocycles. The summed E-state index contributed by atoms with van der Waals surface area (Å²) in [6, 6.07) is 1.06. The molecule has 2 aliphatic rings. The zero-order valence-electron chi connectivity index (χ0n) is 14.0. The van der Waals surface area contributed by atoms with E-state index in [4.69, 9.17) is 0 Å². The van der Waals surface area contributed by atoms with Crippen LogP contribution in [0.2, 0.25) is 0 Å². The average Bonchev–Trinajstić information content (AvgIpc) is 3.19. The van der Waals surface area contributed by atoms with Gasteiger partial charge in [-0.1, -0.05) is 6.07 Å². The molecule has 0 heterocycles. The molecule has 0 saturated carbocycles. The molecule has 130 valence electrons. The van der Waals surface area contributed by atoms with E-state index in [1.165, 1.54) is 22.3 Å². The SMILES string of the molecule is CSCCC(NC(=O)Nc1c2c(cc3c1CCC3)CCC2)C(=O)O. The topological polar surface area (TPSA) is 78.4 Å². The molecule has 0 aromatic heterocycles. The van der Waals surface area contributed by atoms with Gasteiger partial charge in [0, 0.05) is 5.69 Å². The van der Waals surface area contributed by atoms with Crippen LogP contribution >= 0.6 is 11.8 Å². The molecule has 1 aromatic rings. The number of thioether (sulfide) groups is 1. The normalized spacial score (nSPS) is 16.4. The summed E-state index contributed by atoms with van der Waals surface area (Å²) in [7, 11) is 0. The minimum atomic E-state index is -0.984. The van der Waals surface area contributed by atoms with Gasteiger partial charge in [-0.3, -0.25) is 0 Å². The third kappa shape index (κ3) is 3.53. The lowest BCUT2D eigenvalue weighted by atomic mass is 9.99. The van der Waals surface area contributed by atoms with Crippen molar-refractivity contribution in [2.75, 3.05) is 17.3 Å². The number of hydrogen-bond donors (Lipinski definition) is 3. The molecular formula is C18H24N2O3S. The van der Waals surface area contributed by atoms with Gasteiger partial charge in [0.1, 0.15) is 6.04 Å². The molecule has 1 unspecified atom stereocenters. The number of carbonyl (C=O) groups excluding carboxylic acids is 1. The first-order valence-corrected chi connectivity index (χ1v) is 9.95. The van der Waals surface area contributed by atoms with Crippen LogP contribution in [-0.4, -0.2) is 35.2 Å². The van der Waals surface area contributed by atoms with Crippen molar-refractivity contribution in [2.45, 2.75) is 51.0 Å². The Morgan fingerprint density at radius 3 is 2.33 bits per heavy atom. The van der Waals surface area contributed by atoms with Gasteiger partial charge in [-0.05, 0) is 79.2 Å². The predicted octanol–water partition coefficient (Wildman–Crippen LogP) is 2.99. The van der Waals surface area contributed by atoms with Crippen molar-refractivity contribution in [3.05, 3.63) is 28.3 Å². The standard InChI is InChI=1S/C18H24N2O3S/c1-24-9-8-15(17(21)22)19-18(23)20-16-13-6-2-4-11(13)10-12-5-3-7-14(12)16/h10,15H,2-9H2,1H3,(H,21,22)(H2,19,20,23). The first kappa shape index (κ1) is 17.1. The van der Waals surface area contributed by atoms with E-state index < -0.39 is 18.0 Å². The number of aryl methyl sites for hydroxylation is 2. The quantitative estimate of drug-likeness (QED) is 0.738. The molecule has 24 heavy (non-hydrogen) atoms. The van der Waals surface area contributed by atoms with Gasteiger partial charge in [-0.2, -0.15) is 11.8 Å². The molecular weight excluding hydrogens is 324 g/mol. The van der Waals surface area contributed by atoms with E-state index in [2.05, 4.69) is 16.7 Å². The molecule has 3 N–H and O–H groups in total. The molecule has 1 aromatic carbocycles. The van der Waals surface area contributed by atoms with Crippen molar-refractivity contribution in [2.24, 2.45) is 0 Å². The number of carbonyl (C=O) groups is 2. The maximum Gasteiger partial charge on any atom is 0.326 e. The Morgan fingerprint density at radius 1 is 1.17 bits per heavy atom. The monoisotopic (exact) mass is 348 g/mol. The van der Waals surface area contributed by atoms with Crippen LogP contribution < -0.4 is 10.6 Å². The Bertz CT molecular complexity index is 628. The van der Waals surface area contributed by atoms with Crippen molar-refractivity contribution >= 4 is 29.4 Å². The molecule has 6 heteroatoms. The first-order valence-electron chi connectivity index (χ1n) is 8.56. The Labute approximate surface area is 146 Å². The number of aliphatic carboxylic acids is 1. The largest absolute Gasteiger partial charge is 0.480 e. The van der Waals surface area contributed by atoms with Crippen molar-refractivity contribution in [1.29, 1.82) is 0 Å². The number of amides is 2. The van der Waals surface area contributed by atoms with Gasteiger partial charge < -0.3 is 15.7 Å². The summed E-state index contributed by atoms with van der Waals surface area (Å²) >= 11 is 1.58. The van der Waals surface area contributed by atoms with Crippen LogP contribution in [0.15, 0.2) is 6.07 Å². The number of hydrogen-bond acceptors (Lipinski definition) is 3. The van der Waals surface area contributed by atoms with E-state index >= 15 is 0 Å².